The average molecular weight is 421 g/mol. The molecule has 148 valence electrons. The molecule has 0 aliphatic carbocycles. The number of hydrogen-bond acceptors (Lipinski definition) is 8. The van der Waals surface area contributed by atoms with Crippen molar-refractivity contribution >= 4 is 40.1 Å². The van der Waals surface area contributed by atoms with Gasteiger partial charge >= 0.3 is 5.97 Å². The van der Waals surface area contributed by atoms with Crippen LogP contribution in [0.15, 0.2) is 16.0 Å². The Balaban J connectivity index is 1.52. The number of carboxylic acids is 1. The van der Waals surface area contributed by atoms with Gasteiger partial charge in [-0.2, -0.15) is 5.26 Å². The maximum Gasteiger partial charge on any atom is 0.353 e. The molecule has 3 aliphatic heterocycles. The molecule has 1 aromatic heterocycles. The van der Waals surface area contributed by atoms with E-state index in [1.54, 1.807) is 12.3 Å². The molecule has 4 heterocycles. The first-order chi connectivity index (χ1) is 13.3. The molecule has 2 N–H and O–H groups in total. The van der Waals surface area contributed by atoms with Gasteiger partial charge in [-0.1, -0.05) is 6.92 Å². The lowest BCUT2D eigenvalue weighted by Crippen LogP contribution is -2.63. The molecule has 0 saturated carbocycles. The number of aliphatic hydroxyl groups is 1. The van der Waals surface area contributed by atoms with Crippen molar-refractivity contribution in [3.8, 4) is 6.07 Å². The van der Waals surface area contributed by atoms with E-state index in [1.165, 1.54) is 28.0 Å². The fraction of sp³-hybridized carbons (Fsp3) is 0.556. The van der Waals surface area contributed by atoms with Gasteiger partial charge in [0.25, 0.3) is 0 Å². The maximum atomic E-state index is 12.4. The molecule has 28 heavy (non-hydrogen) atoms. The van der Waals surface area contributed by atoms with E-state index >= 15 is 0 Å². The van der Waals surface area contributed by atoms with Gasteiger partial charge in [0, 0.05) is 34.5 Å². The van der Waals surface area contributed by atoms with Gasteiger partial charge in [-0.25, -0.2) is 9.78 Å². The van der Waals surface area contributed by atoms with Crippen molar-refractivity contribution in [1.29, 1.82) is 5.26 Å². The second-order valence-corrected chi connectivity index (χ2v) is 9.55. The molecule has 10 heteroatoms. The number of carbonyl (C=O) groups excluding carboxylic acids is 1. The Labute approximate surface area is 170 Å². The van der Waals surface area contributed by atoms with Crippen molar-refractivity contribution < 1.29 is 19.8 Å². The lowest BCUT2D eigenvalue weighted by molar-refractivity contribution is -0.163. The standard InChI is InChI=1S/C18H20N4O4S2/c1-8-13-12(9(2)23)16(24)22(13)14(17(25)26)15(8)28-11-3-4-21(6-11)18-20-10(5-19)7-27-18/h7-9,11-13,23H,3-4,6H2,1-2H3,(H,25,26)/t8-,9?,11-,12?,13?/m1/s1. The minimum atomic E-state index is -1.09. The number of nitrogens with zero attached hydrogens (tertiary/aromatic N) is 4. The minimum Gasteiger partial charge on any atom is -0.477 e. The highest BCUT2D eigenvalue weighted by atomic mass is 32.2. The number of aromatic nitrogens is 1. The third-order valence-corrected chi connectivity index (χ3v) is 8.07. The van der Waals surface area contributed by atoms with E-state index in [1.807, 2.05) is 13.0 Å². The molecule has 0 radical (unpaired) electrons. The number of thiazole rings is 1. The molecule has 8 nitrogen and oxygen atoms in total. The highest BCUT2D eigenvalue weighted by Gasteiger charge is 2.60. The number of β-lactam (4-membered cyclic amide) rings is 1. The summed E-state index contributed by atoms with van der Waals surface area (Å²) in [6.45, 7) is 5.02. The summed E-state index contributed by atoms with van der Waals surface area (Å²) in [5, 5.41) is 31.3. The Morgan fingerprint density at radius 1 is 1.54 bits per heavy atom. The van der Waals surface area contributed by atoms with Gasteiger partial charge in [-0.05, 0) is 13.3 Å². The highest BCUT2D eigenvalue weighted by Crippen LogP contribution is 2.52. The molecule has 3 unspecified atom stereocenters. The van der Waals surface area contributed by atoms with E-state index in [0.717, 1.165) is 23.0 Å². The molecule has 0 bridgehead atoms. The largest absolute Gasteiger partial charge is 0.477 e. The number of hydrogen-bond donors (Lipinski definition) is 2. The molecule has 1 amide bonds. The van der Waals surface area contributed by atoms with Crippen LogP contribution in [-0.4, -0.2) is 62.5 Å². The van der Waals surface area contributed by atoms with Crippen LogP contribution in [0.5, 0.6) is 0 Å². The third kappa shape index (κ3) is 2.89. The molecule has 5 atom stereocenters. The summed E-state index contributed by atoms with van der Waals surface area (Å²) < 4.78 is 0. The first kappa shape index (κ1) is 19.2. The lowest BCUT2D eigenvalue weighted by Gasteiger charge is -2.46. The number of thioether (sulfide) groups is 1. The van der Waals surface area contributed by atoms with Gasteiger partial charge < -0.3 is 20.0 Å². The summed E-state index contributed by atoms with van der Waals surface area (Å²) in [6.07, 6.45) is 0.0741. The zero-order valence-electron chi connectivity index (χ0n) is 15.4. The van der Waals surface area contributed by atoms with Crippen LogP contribution in [0.1, 0.15) is 26.0 Å². The van der Waals surface area contributed by atoms with Crippen LogP contribution in [-0.2, 0) is 9.59 Å². The molecular formula is C18H20N4O4S2. The molecule has 2 fully saturated rings. The molecular weight excluding hydrogens is 400 g/mol. The molecule has 1 aromatic rings. The zero-order valence-corrected chi connectivity index (χ0v) is 17.0. The zero-order chi connectivity index (χ0) is 20.2. The van der Waals surface area contributed by atoms with Crippen molar-refractivity contribution in [3.63, 3.8) is 0 Å². The van der Waals surface area contributed by atoms with Gasteiger partial charge in [0.05, 0.1) is 18.1 Å². The number of rotatable bonds is 5. The van der Waals surface area contributed by atoms with Crippen LogP contribution in [0.2, 0.25) is 0 Å². The second-order valence-electron chi connectivity index (χ2n) is 7.37. The van der Waals surface area contributed by atoms with Gasteiger partial charge in [0.2, 0.25) is 5.91 Å². The smallest absolute Gasteiger partial charge is 0.353 e. The fourth-order valence-corrected chi connectivity index (χ4v) is 6.59. The summed E-state index contributed by atoms with van der Waals surface area (Å²) in [7, 11) is 0. The number of anilines is 1. The molecule has 0 aromatic carbocycles. The van der Waals surface area contributed by atoms with E-state index in [0.29, 0.717) is 12.2 Å². The molecule has 2 saturated heterocycles. The number of fused-ring (bicyclic) bond motifs is 1. The molecule has 4 rings (SSSR count). The van der Waals surface area contributed by atoms with E-state index in [4.69, 9.17) is 5.26 Å². The predicted octanol–water partition coefficient (Wildman–Crippen LogP) is 1.48. The topological polar surface area (TPSA) is 118 Å². The summed E-state index contributed by atoms with van der Waals surface area (Å²) in [5.41, 5.74) is 0.479. The second kappa shape index (κ2) is 7.06. The summed E-state index contributed by atoms with van der Waals surface area (Å²) in [4.78, 5) is 32.8. The monoisotopic (exact) mass is 420 g/mol. The van der Waals surface area contributed by atoms with Crippen LogP contribution < -0.4 is 4.90 Å². The van der Waals surface area contributed by atoms with E-state index in [-0.39, 0.29) is 28.8 Å². The van der Waals surface area contributed by atoms with Crippen LogP contribution in [0.25, 0.3) is 0 Å². The van der Waals surface area contributed by atoms with Crippen molar-refractivity contribution in [2.24, 2.45) is 11.8 Å². The maximum absolute atomic E-state index is 12.4. The predicted molar refractivity (Wildman–Crippen MR) is 105 cm³/mol. The number of nitriles is 1. The summed E-state index contributed by atoms with van der Waals surface area (Å²) in [5.74, 6) is -2.06. The normalized spacial score (nSPS) is 30.3. The van der Waals surface area contributed by atoms with Gasteiger partial charge in [0.15, 0.2) is 10.8 Å². The number of amides is 1. The number of aliphatic hydroxyl groups excluding tert-OH is 1. The van der Waals surface area contributed by atoms with Crippen LogP contribution in [0.3, 0.4) is 0 Å². The molecule has 0 spiro atoms. The van der Waals surface area contributed by atoms with Gasteiger partial charge in [0.1, 0.15) is 11.8 Å². The lowest BCUT2D eigenvalue weighted by atomic mass is 9.79. The highest BCUT2D eigenvalue weighted by molar-refractivity contribution is 8.03. The first-order valence-corrected chi connectivity index (χ1v) is 10.8. The summed E-state index contributed by atoms with van der Waals surface area (Å²) >= 11 is 2.96. The van der Waals surface area contributed by atoms with E-state index in [9.17, 15) is 19.8 Å². The van der Waals surface area contributed by atoms with Crippen molar-refractivity contribution in [2.45, 2.75) is 37.7 Å². The Morgan fingerprint density at radius 2 is 2.29 bits per heavy atom. The molecule has 3 aliphatic rings. The SMILES string of the molecule is CC(O)C1C(=O)N2C(C(=O)O)=C(S[C@@H]3CCN(c4nc(C#N)cs4)C3)[C@H](C)C12. The number of carboxylic acid groups (broad SMARTS) is 1. The number of aliphatic carboxylic acids is 1. The Bertz CT molecular complexity index is 906. The van der Waals surface area contributed by atoms with Crippen LogP contribution >= 0.6 is 23.1 Å². The van der Waals surface area contributed by atoms with Crippen molar-refractivity contribution in [3.05, 3.63) is 21.7 Å². The average Bonchev–Trinajstić information content (AvgIpc) is 3.33. The van der Waals surface area contributed by atoms with Crippen LogP contribution in [0, 0.1) is 23.2 Å². The van der Waals surface area contributed by atoms with Crippen molar-refractivity contribution in [2.75, 3.05) is 18.0 Å². The van der Waals surface area contributed by atoms with Crippen LogP contribution in [0.4, 0.5) is 5.13 Å². The van der Waals surface area contributed by atoms with Gasteiger partial charge in [-0.3, -0.25) is 4.79 Å². The third-order valence-electron chi connectivity index (χ3n) is 5.63. The summed E-state index contributed by atoms with van der Waals surface area (Å²) in [6, 6.07) is 1.75. The minimum absolute atomic E-state index is 0.0730. The number of carbonyl (C=O) groups is 2. The van der Waals surface area contributed by atoms with E-state index in [2.05, 4.69) is 9.88 Å². The first-order valence-electron chi connectivity index (χ1n) is 9.09. The fourth-order valence-electron chi connectivity index (χ4n) is 4.32. The Morgan fingerprint density at radius 3 is 2.89 bits per heavy atom. The van der Waals surface area contributed by atoms with Gasteiger partial charge in [-0.15, -0.1) is 23.1 Å². The van der Waals surface area contributed by atoms with E-state index < -0.39 is 18.0 Å². The quantitative estimate of drug-likeness (QED) is 0.688. The Kier molecular flexibility index (Phi) is 4.85. The Hall–Kier alpha value is -2.09. The van der Waals surface area contributed by atoms with Crippen molar-refractivity contribution in [1.82, 2.24) is 9.88 Å².